The van der Waals surface area contributed by atoms with E-state index in [1.807, 2.05) is 0 Å². The van der Waals surface area contributed by atoms with Crippen molar-refractivity contribution in [3.8, 4) is 0 Å². The van der Waals surface area contributed by atoms with Crippen molar-refractivity contribution in [3.63, 3.8) is 0 Å². The van der Waals surface area contributed by atoms with Gasteiger partial charge in [-0.15, -0.1) is 0 Å². The van der Waals surface area contributed by atoms with E-state index in [1.54, 1.807) is 0 Å². The van der Waals surface area contributed by atoms with Gasteiger partial charge in [-0.05, 0) is 47.4 Å². The normalized spacial score (nSPS) is 16.9. The molecule has 1 nitrogen and oxygen atoms in total. The van der Waals surface area contributed by atoms with E-state index in [1.165, 1.54) is 48.4 Å². The van der Waals surface area contributed by atoms with Crippen molar-refractivity contribution in [3.05, 3.63) is 46.4 Å². The zero-order chi connectivity index (χ0) is 13.1. The Hall–Kier alpha value is -0.860. The fourth-order valence-corrected chi connectivity index (χ4v) is 3.32. The summed E-state index contributed by atoms with van der Waals surface area (Å²) < 4.78 is 1.15. The molecule has 0 spiro atoms. The Morgan fingerprint density at radius 3 is 2.53 bits per heavy atom. The van der Waals surface area contributed by atoms with Gasteiger partial charge in [0.25, 0.3) is 0 Å². The molecule has 0 aromatic heterocycles. The third-order valence-corrected chi connectivity index (χ3v) is 4.56. The Morgan fingerprint density at radius 1 is 0.947 bits per heavy atom. The zero-order valence-corrected chi connectivity index (χ0v) is 12.7. The van der Waals surface area contributed by atoms with E-state index >= 15 is 0 Å². The van der Waals surface area contributed by atoms with Crippen molar-refractivity contribution in [1.82, 2.24) is 5.32 Å². The number of rotatable bonds is 3. The molecule has 2 aromatic rings. The molecule has 2 heteroatoms. The van der Waals surface area contributed by atoms with Gasteiger partial charge in [0, 0.05) is 17.1 Å². The Morgan fingerprint density at radius 2 is 1.68 bits per heavy atom. The molecule has 1 fully saturated rings. The summed E-state index contributed by atoms with van der Waals surface area (Å²) in [5.41, 5.74) is 1.39. The number of hydrogen-bond donors (Lipinski definition) is 1. The summed E-state index contributed by atoms with van der Waals surface area (Å²) in [4.78, 5) is 0. The number of nitrogens with one attached hydrogen (secondary N) is 1. The van der Waals surface area contributed by atoms with Crippen LogP contribution in [0.1, 0.15) is 37.7 Å². The molecule has 3 rings (SSSR count). The first kappa shape index (κ1) is 13.1. The summed E-state index contributed by atoms with van der Waals surface area (Å²) in [7, 11) is 0. The van der Waals surface area contributed by atoms with E-state index in [4.69, 9.17) is 0 Å². The second kappa shape index (κ2) is 6.06. The maximum absolute atomic E-state index is 3.70. The third kappa shape index (κ3) is 3.37. The number of fused-ring (bicyclic) bond motifs is 1. The number of hydrogen-bond acceptors (Lipinski definition) is 1. The highest BCUT2D eigenvalue weighted by Gasteiger charge is 2.12. The highest BCUT2D eigenvalue weighted by Crippen LogP contribution is 2.22. The van der Waals surface area contributed by atoms with Gasteiger partial charge in [-0.3, -0.25) is 0 Å². The van der Waals surface area contributed by atoms with Crippen molar-refractivity contribution in [2.24, 2.45) is 0 Å². The molecule has 0 saturated heterocycles. The number of benzene rings is 2. The van der Waals surface area contributed by atoms with Crippen LogP contribution in [0, 0.1) is 0 Å². The summed E-state index contributed by atoms with van der Waals surface area (Å²) in [6.45, 7) is 0.997. The number of halogens is 1. The Labute approximate surface area is 123 Å². The van der Waals surface area contributed by atoms with Crippen molar-refractivity contribution in [1.29, 1.82) is 0 Å². The van der Waals surface area contributed by atoms with E-state index in [-0.39, 0.29) is 0 Å². The second-order valence-electron chi connectivity index (χ2n) is 5.54. The molecular formula is C17H20BrN. The predicted molar refractivity (Wildman–Crippen MR) is 85.4 cm³/mol. The molecule has 1 aliphatic rings. The summed E-state index contributed by atoms with van der Waals surface area (Å²) in [5.74, 6) is 0. The average Bonchev–Trinajstić information content (AvgIpc) is 2.46. The first-order valence-corrected chi connectivity index (χ1v) is 8.02. The largest absolute Gasteiger partial charge is 0.310 e. The van der Waals surface area contributed by atoms with E-state index in [0.717, 1.165) is 17.1 Å². The minimum absolute atomic E-state index is 0.731. The Bertz CT molecular complexity index is 558. The van der Waals surface area contributed by atoms with Gasteiger partial charge in [-0.2, -0.15) is 0 Å². The maximum atomic E-state index is 3.70. The third-order valence-electron chi connectivity index (χ3n) is 4.07. The molecule has 0 atom stereocenters. The van der Waals surface area contributed by atoms with Crippen LogP contribution in [0.25, 0.3) is 10.8 Å². The molecule has 0 aliphatic heterocycles. The molecule has 1 aliphatic carbocycles. The molecule has 2 aromatic carbocycles. The first-order valence-electron chi connectivity index (χ1n) is 7.23. The molecule has 19 heavy (non-hydrogen) atoms. The monoisotopic (exact) mass is 317 g/mol. The zero-order valence-electron chi connectivity index (χ0n) is 11.2. The fraction of sp³-hybridized carbons (Fsp3) is 0.412. The predicted octanol–water partition coefficient (Wildman–Crippen LogP) is 5.02. The van der Waals surface area contributed by atoms with Gasteiger partial charge in [-0.1, -0.05) is 53.4 Å². The molecule has 0 bridgehead atoms. The Kier molecular flexibility index (Phi) is 4.19. The fourth-order valence-electron chi connectivity index (χ4n) is 2.94. The van der Waals surface area contributed by atoms with Crippen LogP contribution in [-0.2, 0) is 6.54 Å². The molecule has 0 heterocycles. The smallest absolute Gasteiger partial charge is 0.0208 e. The van der Waals surface area contributed by atoms with E-state index in [2.05, 4.69) is 57.6 Å². The summed E-state index contributed by atoms with van der Waals surface area (Å²) in [5, 5.41) is 6.33. The molecule has 0 radical (unpaired) electrons. The standard InChI is InChI=1S/C17H20BrN/c18-16-9-8-14-10-13(6-7-15(14)11-16)12-19-17-4-2-1-3-5-17/h6-11,17,19H,1-5,12H2. The van der Waals surface area contributed by atoms with Crippen molar-refractivity contribution in [2.45, 2.75) is 44.7 Å². The van der Waals surface area contributed by atoms with Gasteiger partial charge in [0.15, 0.2) is 0 Å². The topological polar surface area (TPSA) is 12.0 Å². The highest BCUT2D eigenvalue weighted by molar-refractivity contribution is 9.10. The van der Waals surface area contributed by atoms with Gasteiger partial charge in [0.1, 0.15) is 0 Å². The van der Waals surface area contributed by atoms with Crippen LogP contribution in [0.4, 0.5) is 0 Å². The lowest BCUT2D eigenvalue weighted by atomic mass is 9.95. The van der Waals surface area contributed by atoms with Crippen molar-refractivity contribution >= 4 is 26.7 Å². The summed E-state index contributed by atoms with van der Waals surface area (Å²) >= 11 is 3.52. The van der Waals surface area contributed by atoms with Gasteiger partial charge >= 0.3 is 0 Å². The van der Waals surface area contributed by atoms with Crippen LogP contribution in [0.15, 0.2) is 40.9 Å². The molecule has 0 amide bonds. The lowest BCUT2D eigenvalue weighted by Gasteiger charge is -2.22. The molecule has 1 saturated carbocycles. The lowest BCUT2D eigenvalue weighted by Crippen LogP contribution is -2.30. The van der Waals surface area contributed by atoms with Crippen LogP contribution in [0.2, 0.25) is 0 Å². The minimum atomic E-state index is 0.731. The average molecular weight is 318 g/mol. The van der Waals surface area contributed by atoms with Crippen molar-refractivity contribution in [2.75, 3.05) is 0 Å². The first-order chi connectivity index (χ1) is 9.31. The van der Waals surface area contributed by atoms with Gasteiger partial charge in [0.2, 0.25) is 0 Å². The molecule has 1 N–H and O–H groups in total. The SMILES string of the molecule is Brc1ccc2cc(CNC3CCCCC3)ccc2c1. The van der Waals surface area contributed by atoms with Crippen LogP contribution >= 0.6 is 15.9 Å². The second-order valence-corrected chi connectivity index (χ2v) is 6.46. The maximum Gasteiger partial charge on any atom is 0.0208 e. The van der Waals surface area contributed by atoms with Gasteiger partial charge in [0.05, 0.1) is 0 Å². The summed E-state index contributed by atoms with van der Waals surface area (Å²) in [6, 6.07) is 14.0. The quantitative estimate of drug-likeness (QED) is 0.837. The lowest BCUT2D eigenvalue weighted by molar-refractivity contribution is 0.372. The molecular weight excluding hydrogens is 298 g/mol. The highest BCUT2D eigenvalue weighted by atomic mass is 79.9. The minimum Gasteiger partial charge on any atom is -0.310 e. The van der Waals surface area contributed by atoms with Crippen LogP contribution in [0.5, 0.6) is 0 Å². The van der Waals surface area contributed by atoms with Gasteiger partial charge in [-0.25, -0.2) is 0 Å². The van der Waals surface area contributed by atoms with Gasteiger partial charge < -0.3 is 5.32 Å². The van der Waals surface area contributed by atoms with E-state index in [9.17, 15) is 0 Å². The molecule has 100 valence electrons. The van der Waals surface area contributed by atoms with Crippen LogP contribution in [-0.4, -0.2) is 6.04 Å². The summed E-state index contributed by atoms with van der Waals surface area (Å²) in [6.07, 6.45) is 6.90. The molecule has 0 unspecified atom stereocenters. The van der Waals surface area contributed by atoms with Crippen LogP contribution < -0.4 is 5.32 Å². The van der Waals surface area contributed by atoms with E-state index in [0.29, 0.717) is 0 Å². The van der Waals surface area contributed by atoms with Crippen LogP contribution in [0.3, 0.4) is 0 Å². The van der Waals surface area contributed by atoms with E-state index < -0.39 is 0 Å². The Balaban J connectivity index is 1.69. The van der Waals surface area contributed by atoms with Crippen molar-refractivity contribution < 1.29 is 0 Å².